The summed E-state index contributed by atoms with van der Waals surface area (Å²) >= 11 is 0. The molecule has 92 valence electrons. The van der Waals surface area contributed by atoms with Crippen LogP contribution in [-0.4, -0.2) is 23.6 Å². The molecule has 1 heterocycles. The van der Waals surface area contributed by atoms with Gasteiger partial charge in [0.15, 0.2) is 0 Å². The van der Waals surface area contributed by atoms with Crippen LogP contribution in [0.3, 0.4) is 0 Å². The Hall–Kier alpha value is -1.23. The normalized spacial score (nSPS) is 25.4. The summed E-state index contributed by atoms with van der Waals surface area (Å²) in [6, 6.07) is 1.62. The molecular weight excluding hydrogens is 236 g/mol. The van der Waals surface area contributed by atoms with Gasteiger partial charge in [-0.1, -0.05) is 12.5 Å². The molecular formula is C12H16N2O2S. The fraction of sp³-hybridized carbons (Fsp3) is 0.500. The van der Waals surface area contributed by atoms with E-state index in [-0.39, 0.29) is 10.4 Å². The van der Waals surface area contributed by atoms with Gasteiger partial charge >= 0.3 is 0 Å². The Morgan fingerprint density at radius 2 is 2.00 bits per heavy atom. The molecule has 4 nitrogen and oxygen atoms in total. The molecule has 1 fully saturated rings. The summed E-state index contributed by atoms with van der Waals surface area (Å²) in [5.41, 5.74) is 0. The highest BCUT2D eigenvalue weighted by atomic mass is 32.2. The van der Waals surface area contributed by atoms with E-state index < -0.39 is 9.84 Å². The van der Waals surface area contributed by atoms with Crippen molar-refractivity contribution >= 4 is 9.84 Å². The van der Waals surface area contributed by atoms with Gasteiger partial charge in [-0.3, -0.25) is 0 Å². The molecule has 17 heavy (non-hydrogen) atoms. The van der Waals surface area contributed by atoms with Crippen molar-refractivity contribution in [1.82, 2.24) is 9.97 Å². The lowest BCUT2D eigenvalue weighted by atomic mass is 9.89. The van der Waals surface area contributed by atoms with Crippen LogP contribution in [0.5, 0.6) is 0 Å². The number of aromatic nitrogens is 2. The van der Waals surface area contributed by atoms with E-state index in [0.717, 1.165) is 12.8 Å². The molecule has 0 radical (unpaired) electrons. The van der Waals surface area contributed by atoms with Crippen LogP contribution in [0.1, 0.15) is 25.7 Å². The average Bonchev–Trinajstić information content (AvgIpc) is 2.40. The lowest BCUT2D eigenvalue weighted by Gasteiger charge is -2.26. The molecule has 1 aromatic rings. The van der Waals surface area contributed by atoms with Crippen molar-refractivity contribution in [2.75, 3.05) is 0 Å². The first-order chi connectivity index (χ1) is 8.14. The van der Waals surface area contributed by atoms with E-state index in [1.165, 1.54) is 12.4 Å². The predicted molar refractivity (Wildman–Crippen MR) is 65.2 cm³/mol. The van der Waals surface area contributed by atoms with Crippen LogP contribution in [0.2, 0.25) is 0 Å². The first-order valence-corrected chi connectivity index (χ1v) is 7.32. The molecule has 1 saturated carbocycles. The second-order valence-electron chi connectivity index (χ2n) is 4.36. The maximum atomic E-state index is 12.3. The molecule has 2 rings (SSSR count). The van der Waals surface area contributed by atoms with Crippen molar-refractivity contribution < 1.29 is 8.42 Å². The van der Waals surface area contributed by atoms with E-state index in [4.69, 9.17) is 0 Å². The van der Waals surface area contributed by atoms with Crippen LogP contribution in [-0.2, 0) is 9.84 Å². The van der Waals surface area contributed by atoms with Gasteiger partial charge in [0, 0.05) is 12.4 Å². The van der Waals surface area contributed by atoms with Crippen molar-refractivity contribution in [3.05, 3.63) is 31.1 Å². The zero-order valence-corrected chi connectivity index (χ0v) is 10.4. The van der Waals surface area contributed by atoms with Gasteiger partial charge < -0.3 is 0 Å². The Morgan fingerprint density at radius 3 is 2.65 bits per heavy atom. The third-order valence-electron chi connectivity index (χ3n) is 3.24. The van der Waals surface area contributed by atoms with E-state index in [2.05, 4.69) is 16.5 Å². The topological polar surface area (TPSA) is 59.9 Å². The van der Waals surface area contributed by atoms with E-state index in [9.17, 15) is 8.42 Å². The summed E-state index contributed by atoms with van der Waals surface area (Å²) < 4.78 is 24.6. The monoisotopic (exact) mass is 252 g/mol. The van der Waals surface area contributed by atoms with Crippen LogP contribution in [0.4, 0.5) is 0 Å². The molecule has 0 aromatic carbocycles. The molecule has 2 atom stereocenters. The van der Waals surface area contributed by atoms with Crippen LogP contribution >= 0.6 is 0 Å². The first-order valence-electron chi connectivity index (χ1n) is 5.78. The summed E-state index contributed by atoms with van der Waals surface area (Å²) in [5.74, 6) is 0.298. The molecule has 0 unspecified atom stereocenters. The van der Waals surface area contributed by atoms with Crippen LogP contribution in [0, 0.1) is 5.92 Å². The third-order valence-corrected chi connectivity index (χ3v) is 5.26. The highest BCUT2D eigenvalue weighted by Crippen LogP contribution is 2.31. The zero-order valence-electron chi connectivity index (χ0n) is 9.62. The summed E-state index contributed by atoms with van der Waals surface area (Å²) in [6.07, 6.45) is 8.09. The predicted octanol–water partition coefficient (Wildman–Crippen LogP) is 2.00. The van der Waals surface area contributed by atoms with Crippen LogP contribution in [0.25, 0.3) is 0 Å². The Labute approximate surface area is 102 Å². The summed E-state index contributed by atoms with van der Waals surface area (Å²) in [6.45, 7) is 3.75. The molecule has 0 amide bonds. The summed E-state index contributed by atoms with van der Waals surface area (Å²) in [4.78, 5) is 7.70. The molecule has 0 spiro atoms. The van der Waals surface area contributed by atoms with Crippen molar-refractivity contribution in [3.63, 3.8) is 0 Å². The van der Waals surface area contributed by atoms with E-state index in [0.29, 0.717) is 18.8 Å². The number of sulfone groups is 1. The smallest absolute Gasteiger partial charge is 0.227 e. The average molecular weight is 252 g/mol. The quantitative estimate of drug-likeness (QED) is 0.610. The number of rotatable bonds is 3. The summed E-state index contributed by atoms with van der Waals surface area (Å²) in [5, 5.41) is -0.406. The van der Waals surface area contributed by atoms with E-state index in [1.54, 1.807) is 6.07 Å². The minimum Gasteiger partial charge on any atom is -0.227 e. The molecule has 0 aliphatic heterocycles. The van der Waals surface area contributed by atoms with Gasteiger partial charge in [-0.15, -0.1) is 6.58 Å². The molecule has 0 saturated heterocycles. The van der Waals surface area contributed by atoms with Crippen molar-refractivity contribution in [2.45, 2.75) is 36.1 Å². The Balaban J connectivity index is 2.24. The maximum absolute atomic E-state index is 12.3. The van der Waals surface area contributed by atoms with Crippen molar-refractivity contribution in [2.24, 2.45) is 5.92 Å². The lowest BCUT2D eigenvalue weighted by Crippen LogP contribution is -2.28. The van der Waals surface area contributed by atoms with Crippen LogP contribution in [0.15, 0.2) is 36.3 Å². The standard InChI is InChI=1S/C12H16N2O2S/c1-2-10-5-3-6-11(9-10)17(15,16)12-13-7-4-8-14-12/h2,4,7-8,10-11H,1,3,5-6,9H2/t10-,11+/m0/s1. The van der Waals surface area contributed by atoms with Gasteiger partial charge in [0.2, 0.25) is 15.0 Å². The fourth-order valence-corrected chi connectivity index (χ4v) is 3.95. The van der Waals surface area contributed by atoms with Crippen LogP contribution < -0.4 is 0 Å². The van der Waals surface area contributed by atoms with Gasteiger partial charge in [0.05, 0.1) is 5.25 Å². The third kappa shape index (κ3) is 2.54. The Kier molecular flexibility index (Phi) is 3.57. The minimum absolute atomic E-state index is 0.0466. The molecule has 1 aliphatic rings. The van der Waals surface area contributed by atoms with Gasteiger partial charge in [0.1, 0.15) is 0 Å². The highest BCUT2D eigenvalue weighted by molar-refractivity contribution is 7.91. The number of nitrogens with zero attached hydrogens (tertiary/aromatic N) is 2. The lowest BCUT2D eigenvalue weighted by molar-refractivity contribution is 0.412. The highest BCUT2D eigenvalue weighted by Gasteiger charge is 2.33. The van der Waals surface area contributed by atoms with E-state index in [1.807, 2.05) is 6.08 Å². The first kappa shape index (κ1) is 12.2. The summed E-state index contributed by atoms with van der Waals surface area (Å²) in [7, 11) is -3.38. The Morgan fingerprint density at radius 1 is 1.29 bits per heavy atom. The second kappa shape index (κ2) is 4.96. The van der Waals surface area contributed by atoms with Gasteiger partial charge in [-0.2, -0.15) is 0 Å². The molecule has 5 heteroatoms. The fourth-order valence-electron chi connectivity index (χ4n) is 2.26. The molecule has 1 aliphatic carbocycles. The number of hydrogen-bond acceptors (Lipinski definition) is 4. The SMILES string of the molecule is C=C[C@H]1CCC[C@@H](S(=O)(=O)c2ncccn2)C1. The number of hydrogen-bond donors (Lipinski definition) is 0. The maximum Gasteiger partial charge on any atom is 0.247 e. The second-order valence-corrected chi connectivity index (χ2v) is 6.48. The van der Waals surface area contributed by atoms with E-state index >= 15 is 0 Å². The molecule has 1 aromatic heterocycles. The molecule has 0 N–H and O–H groups in total. The van der Waals surface area contributed by atoms with Gasteiger partial charge in [-0.05, 0) is 31.2 Å². The van der Waals surface area contributed by atoms with Gasteiger partial charge in [-0.25, -0.2) is 18.4 Å². The zero-order chi connectivity index (χ0) is 12.3. The van der Waals surface area contributed by atoms with Gasteiger partial charge in [0.25, 0.3) is 0 Å². The van der Waals surface area contributed by atoms with Crippen molar-refractivity contribution in [3.8, 4) is 0 Å². The molecule has 0 bridgehead atoms. The number of allylic oxidation sites excluding steroid dienone is 1. The minimum atomic E-state index is -3.38. The Bertz CT molecular complexity index is 484. The largest absolute Gasteiger partial charge is 0.247 e. The van der Waals surface area contributed by atoms with Crippen molar-refractivity contribution in [1.29, 1.82) is 0 Å².